The first-order valence-corrected chi connectivity index (χ1v) is 13.3. The largest absolute Gasteiger partial charge is 0.283 e. The number of fused-ring (bicyclic) bond motifs is 1. The van der Waals surface area contributed by atoms with E-state index in [2.05, 4.69) is 13.0 Å². The Morgan fingerprint density at radius 1 is 0.970 bits per heavy atom. The Balaban J connectivity index is 1.66. The Morgan fingerprint density at radius 3 is 2.33 bits per heavy atom. The second kappa shape index (κ2) is 9.45. The zero-order chi connectivity index (χ0) is 23.6. The number of aromatic nitrogens is 1. The molecule has 33 heavy (non-hydrogen) atoms. The van der Waals surface area contributed by atoms with Gasteiger partial charge in [0.1, 0.15) is 0 Å². The number of nitrogens with zero attached hydrogens (tertiary/aromatic N) is 2. The molecular weight excluding hydrogens is 452 g/mol. The molecule has 170 valence electrons. The number of thiazole rings is 1. The van der Waals surface area contributed by atoms with Crippen LogP contribution in [0, 0.1) is 13.8 Å². The minimum atomic E-state index is -3.27. The van der Waals surface area contributed by atoms with E-state index >= 15 is 0 Å². The second-order valence-corrected chi connectivity index (χ2v) is 11.4. The number of anilines is 1. The Bertz CT molecular complexity index is 1390. The van der Waals surface area contributed by atoms with Crippen LogP contribution in [0.2, 0.25) is 0 Å². The van der Waals surface area contributed by atoms with Crippen LogP contribution >= 0.6 is 11.3 Å². The van der Waals surface area contributed by atoms with Crippen LogP contribution in [0.5, 0.6) is 0 Å². The van der Waals surface area contributed by atoms with Gasteiger partial charge in [0.25, 0.3) is 0 Å². The quantitative estimate of drug-likeness (QED) is 0.353. The van der Waals surface area contributed by atoms with Gasteiger partial charge < -0.3 is 0 Å². The predicted octanol–water partition coefficient (Wildman–Crippen LogP) is 5.48. The summed E-state index contributed by atoms with van der Waals surface area (Å²) in [5.41, 5.74) is 4.96. The Labute approximate surface area is 198 Å². The molecule has 0 bridgehead atoms. The topological polar surface area (TPSA) is 67.3 Å². The molecule has 0 aliphatic carbocycles. The Hall–Kier alpha value is -3.03. The van der Waals surface area contributed by atoms with Crippen molar-refractivity contribution in [3.8, 4) is 0 Å². The molecule has 7 heteroatoms. The van der Waals surface area contributed by atoms with Crippen molar-refractivity contribution in [1.82, 2.24) is 4.98 Å². The van der Waals surface area contributed by atoms with Crippen molar-refractivity contribution in [2.24, 2.45) is 0 Å². The summed E-state index contributed by atoms with van der Waals surface area (Å²) in [5, 5.41) is 0.665. The van der Waals surface area contributed by atoms with Crippen LogP contribution in [-0.2, 0) is 27.6 Å². The molecule has 0 saturated carbocycles. The summed E-state index contributed by atoms with van der Waals surface area (Å²) in [4.78, 5) is 20.3. The van der Waals surface area contributed by atoms with Crippen LogP contribution in [0.3, 0.4) is 0 Å². The maximum Gasteiger partial charge on any atom is 0.233 e. The number of hydrogen-bond acceptors (Lipinski definition) is 5. The van der Waals surface area contributed by atoms with E-state index in [4.69, 9.17) is 4.98 Å². The van der Waals surface area contributed by atoms with Gasteiger partial charge in [-0.3, -0.25) is 9.69 Å². The number of benzene rings is 3. The summed E-state index contributed by atoms with van der Waals surface area (Å²) in [7, 11) is -3.27. The zero-order valence-corrected chi connectivity index (χ0v) is 20.5. The number of rotatable bonds is 7. The smallest absolute Gasteiger partial charge is 0.233 e. The van der Waals surface area contributed by atoms with Gasteiger partial charge in [-0.2, -0.15) is 0 Å². The van der Waals surface area contributed by atoms with Crippen molar-refractivity contribution < 1.29 is 13.2 Å². The van der Waals surface area contributed by atoms with Crippen LogP contribution in [-0.4, -0.2) is 25.1 Å². The standard InChI is InChI=1S/C26H26N2O3S2/c1-4-33(30,31)22-12-10-20(11-13-22)16-24(29)28(17-21-8-6-5-7-9-21)26-27-23-15-18(2)14-19(3)25(23)32-26/h5-15H,4,16-17H2,1-3H3. The highest BCUT2D eigenvalue weighted by Gasteiger charge is 2.21. The van der Waals surface area contributed by atoms with Gasteiger partial charge in [0.15, 0.2) is 15.0 Å². The molecule has 4 rings (SSSR count). The summed E-state index contributed by atoms with van der Waals surface area (Å²) >= 11 is 1.52. The maximum absolute atomic E-state index is 13.5. The van der Waals surface area contributed by atoms with E-state index in [1.807, 2.05) is 43.3 Å². The summed E-state index contributed by atoms with van der Waals surface area (Å²) in [6.45, 7) is 6.14. The normalized spacial score (nSPS) is 11.6. The third-order valence-corrected chi connectivity index (χ3v) is 8.52. The average Bonchev–Trinajstić information content (AvgIpc) is 3.22. The summed E-state index contributed by atoms with van der Waals surface area (Å²) in [6, 6.07) is 20.6. The van der Waals surface area contributed by atoms with Gasteiger partial charge in [-0.05, 0) is 54.3 Å². The average molecular weight is 479 g/mol. The lowest BCUT2D eigenvalue weighted by atomic mass is 10.1. The highest BCUT2D eigenvalue weighted by Crippen LogP contribution is 2.33. The summed E-state index contributed by atoms with van der Waals surface area (Å²) in [6.07, 6.45) is 0.160. The van der Waals surface area contributed by atoms with E-state index in [1.165, 1.54) is 11.3 Å². The van der Waals surface area contributed by atoms with Gasteiger partial charge in [-0.25, -0.2) is 13.4 Å². The zero-order valence-electron chi connectivity index (χ0n) is 18.9. The third-order valence-electron chi connectivity index (χ3n) is 5.54. The minimum absolute atomic E-state index is 0.0482. The predicted molar refractivity (Wildman–Crippen MR) is 135 cm³/mol. The molecule has 1 heterocycles. The highest BCUT2D eigenvalue weighted by atomic mass is 32.2. The van der Waals surface area contributed by atoms with E-state index in [1.54, 1.807) is 36.1 Å². The molecule has 0 saturated heterocycles. The molecule has 0 N–H and O–H groups in total. The SMILES string of the molecule is CCS(=O)(=O)c1ccc(CC(=O)N(Cc2ccccc2)c2nc3cc(C)cc(C)c3s2)cc1. The Kier molecular flexibility index (Phi) is 6.63. The molecular formula is C26H26N2O3S2. The second-order valence-electron chi connectivity index (χ2n) is 8.12. The van der Waals surface area contributed by atoms with Crippen LogP contribution < -0.4 is 4.90 Å². The lowest BCUT2D eigenvalue weighted by Gasteiger charge is -2.20. The molecule has 1 amide bonds. The monoisotopic (exact) mass is 478 g/mol. The van der Waals surface area contributed by atoms with E-state index in [0.29, 0.717) is 11.7 Å². The Morgan fingerprint density at radius 2 is 1.67 bits per heavy atom. The van der Waals surface area contributed by atoms with E-state index in [-0.39, 0.29) is 23.0 Å². The van der Waals surface area contributed by atoms with Crippen molar-refractivity contribution in [3.05, 3.63) is 89.0 Å². The van der Waals surface area contributed by atoms with Crippen LogP contribution in [0.4, 0.5) is 5.13 Å². The van der Waals surface area contributed by atoms with Gasteiger partial charge in [0.05, 0.1) is 33.8 Å². The van der Waals surface area contributed by atoms with E-state index in [0.717, 1.165) is 32.5 Å². The van der Waals surface area contributed by atoms with Crippen LogP contribution in [0.1, 0.15) is 29.2 Å². The van der Waals surface area contributed by atoms with Gasteiger partial charge in [-0.15, -0.1) is 0 Å². The first-order chi connectivity index (χ1) is 15.8. The minimum Gasteiger partial charge on any atom is -0.283 e. The third kappa shape index (κ3) is 5.15. The number of carbonyl (C=O) groups is 1. The van der Waals surface area contributed by atoms with Crippen molar-refractivity contribution >= 4 is 42.4 Å². The lowest BCUT2D eigenvalue weighted by molar-refractivity contribution is -0.118. The number of hydrogen-bond donors (Lipinski definition) is 0. The van der Waals surface area contributed by atoms with Crippen molar-refractivity contribution in [2.75, 3.05) is 10.7 Å². The molecule has 0 unspecified atom stereocenters. The number of sulfone groups is 1. The van der Waals surface area contributed by atoms with Gasteiger partial charge in [0, 0.05) is 0 Å². The molecule has 5 nitrogen and oxygen atoms in total. The fourth-order valence-corrected chi connectivity index (χ4v) is 5.68. The molecule has 0 fully saturated rings. The molecule has 4 aromatic rings. The van der Waals surface area contributed by atoms with Crippen LogP contribution in [0.15, 0.2) is 71.6 Å². The van der Waals surface area contributed by atoms with Crippen molar-refractivity contribution in [2.45, 2.75) is 38.6 Å². The molecule has 1 aromatic heterocycles. The van der Waals surface area contributed by atoms with Gasteiger partial charge in [-0.1, -0.05) is 66.8 Å². The van der Waals surface area contributed by atoms with Crippen molar-refractivity contribution in [3.63, 3.8) is 0 Å². The number of carbonyl (C=O) groups excluding carboxylic acids is 1. The van der Waals surface area contributed by atoms with Gasteiger partial charge >= 0.3 is 0 Å². The van der Waals surface area contributed by atoms with Gasteiger partial charge in [0.2, 0.25) is 5.91 Å². The molecule has 0 radical (unpaired) electrons. The first-order valence-electron chi connectivity index (χ1n) is 10.8. The molecule has 0 aliphatic heterocycles. The maximum atomic E-state index is 13.5. The fourth-order valence-electron chi connectivity index (χ4n) is 3.76. The van der Waals surface area contributed by atoms with E-state index < -0.39 is 9.84 Å². The lowest BCUT2D eigenvalue weighted by Crippen LogP contribution is -2.31. The van der Waals surface area contributed by atoms with Crippen molar-refractivity contribution in [1.29, 1.82) is 0 Å². The molecule has 0 atom stereocenters. The first kappa shape index (κ1) is 23.1. The number of aryl methyl sites for hydroxylation is 2. The molecule has 0 aliphatic rings. The summed E-state index contributed by atoms with van der Waals surface area (Å²) in [5.74, 6) is -0.0366. The molecule has 0 spiro atoms. The highest BCUT2D eigenvalue weighted by molar-refractivity contribution is 7.91. The number of amides is 1. The van der Waals surface area contributed by atoms with Crippen LogP contribution in [0.25, 0.3) is 10.2 Å². The van der Waals surface area contributed by atoms with E-state index in [9.17, 15) is 13.2 Å². The molecule has 3 aromatic carbocycles. The summed E-state index contributed by atoms with van der Waals surface area (Å²) < 4.78 is 25.3. The fraction of sp³-hybridized carbons (Fsp3) is 0.231.